The number of anilines is 1. The van der Waals surface area contributed by atoms with Crippen LogP contribution in [0.5, 0.6) is 0 Å². The predicted molar refractivity (Wildman–Crippen MR) is 68.1 cm³/mol. The van der Waals surface area contributed by atoms with E-state index < -0.39 is 34.9 Å². The van der Waals surface area contributed by atoms with Gasteiger partial charge in [-0.25, -0.2) is 4.79 Å². The van der Waals surface area contributed by atoms with Crippen LogP contribution in [0.25, 0.3) is 0 Å². The molecule has 1 aromatic carbocycles. The van der Waals surface area contributed by atoms with E-state index >= 15 is 0 Å². The number of benzene rings is 1. The molecule has 5 nitrogen and oxygen atoms in total. The lowest BCUT2D eigenvalue weighted by Gasteiger charge is -2.13. The van der Waals surface area contributed by atoms with Gasteiger partial charge in [0.25, 0.3) is 0 Å². The summed E-state index contributed by atoms with van der Waals surface area (Å²) in [6.07, 6.45) is -4.87. The first-order chi connectivity index (χ1) is 9.61. The van der Waals surface area contributed by atoms with E-state index in [-0.39, 0.29) is 12.7 Å². The van der Waals surface area contributed by atoms with Crippen molar-refractivity contribution >= 4 is 17.6 Å². The first kappa shape index (κ1) is 17.0. The third-order valence-electron chi connectivity index (χ3n) is 2.40. The Kier molecular flexibility index (Phi) is 5.31. The highest BCUT2D eigenvalue weighted by molar-refractivity contribution is 6.01. The van der Waals surface area contributed by atoms with Gasteiger partial charge >= 0.3 is 12.1 Å². The molecule has 0 aliphatic carbocycles. The van der Waals surface area contributed by atoms with Crippen LogP contribution < -0.4 is 5.32 Å². The lowest BCUT2D eigenvalue weighted by Crippen LogP contribution is -2.22. The number of rotatable bonds is 5. The fourth-order valence-electron chi connectivity index (χ4n) is 1.44. The number of carbonyl (C=O) groups is 2. The molecule has 0 atom stereocenters. The van der Waals surface area contributed by atoms with Crippen molar-refractivity contribution in [3.05, 3.63) is 29.3 Å². The number of amides is 1. The molecule has 1 rings (SSSR count). The van der Waals surface area contributed by atoms with Crippen LogP contribution in [0.2, 0.25) is 0 Å². The molecule has 8 heteroatoms. The lowest BCUT2D eigenvalue weighted by molar-refractivity contribution is -0.137. The fraction of sp³-hybridized carbons (Fsp3) is 0.385. The maximum Gasteiger partial charge on any atom is 0.416 e. The van der Waals surface area contributed by atoms with Gasteiger partial charge in [-0.3, -0.25) is 4.79 Å². The van der Waals surface area contributed by atoms with Crippen LogP contribution in [0, 0.1) is 0 Å². The van der Waals surface area contributed by atoms with Crippen molar-refractivity contribution in [3.63, 3.8) is 0 Å². The fourth-order valence-corrected chi connectivity index (χ4v) is 1.44. The van der Waals surface area contributed by atoms with Crippen LogP contribution in [-0.2, 0) is 15.7 Å². The van der Waals surface area contributed by atoms with E-state index in [9.17, 15) is 22.8 Å². The Morgan fingerprint density at radius 1 is 1.33 bits per heavy atom. The molecule has 21 heavy (non-hydrogen) atoms. The zero-order valence-corrected chi connectivity index (χ0v) is 11.3. The molecule has 0 aromatic heterocycles. The molecular weight excluding hydrogens is 291 g/mol. The molecule has 2 N–H and O–H groups in total. The van der Waals surface area contributed by atoms with Gasteiger partial charge in [-0.2, -0.15) is 13.2 Å². The number of carbonyl (C=O) groups excluding carboxylic acids is 1. The number of aromatic carboxylic acids is 1. The van der Waals surface area contributed by atoms with Gasteiger partial charge in [-0.05, 0) is 32.0 Å². The lowest BCUT2D eigenvalue weighted by atomic mass is 10.1. The zero-order chi connectivity index (χ0) is 16.2. The SMILES string of the molecule is CC(C)OCC(=O)Nc1cc(C(F)(F)F)ccc1C(=O)O. The summed E-state index contributed by atoms with van der Waals surface area (Å²) in [5.41, 5.74) is -1.90. The first-order valence-corrected chi connectivity index (χ1v) is 5.97. The molecule has 0 fully saturated rings. The number of carboxylic acid groups (broad SMARTS) is 1. The highest BCUT2D eigenvalue weighted by Crippen LogP contribution is 2.32. The molecule has 0 saturated heterocycles. The normalized spacial score (nSPS) is 11.5. The van der Waals surface area contributed by atoms with Gasteiger partial charge < -0.3 is 15.2 Å². The topological polar surface area (TPSA) is 75.6 Å². The predicted octanol–water partition coefficient (Wildman–Crippen LogP) is 2.77. The summed E-state index contributed by atoms with van der Waals surface area (Å²) in [5.74, 6) is -2.17. The molecular formula is C13H14F3NO4. The van der Waals surface area contributed by atoms with Gasteiger partial charge in [0, 0.05) is 0 Å². The second-order valence-electron chi connectivity index (χ2n) is 4.47. The Bertz CT molecular complexity index is 541. The molecule has 0 saturated carbocycles. The van der Waals surface area contributed by atoms with Crippen LogP contribution >= 0.6 is 0 Å². The van der Waals surface area contributed by atoms with Crippen molar-refractivity contribution in [2.45, 2.75) is 26.1 Å². The van der Waals surface area contributed by atoms with Crippen LogP contribution in [-0.4, -0.2) is 29.7 Å². The molecule has 116 valence electrons. The van der Waals surface area contributed by atoms with Crippen molar-refractivity contribution in [3.8, 4) is 0 Å². The Labute approximate surface area is 118 Å². The van der Waals surface area contributed by atoms with E-state index in [0.717, 1.165) is 6.07 Å². The van der Waals surface area contributed by atoms with Gasteiger partial charge in [0.05, 0.1) is 22.9 Å². The monoisotopic (exact) mass is 305 g/mol. The van der Waals surface area contributed by atoms with Crippen molar-refractivity contribution in [2.24, 2.45) is 0 Å². The van der Waals surface area contributed by atoms with Gasteiger partial charge in [-0.15, -0.1) is 0 Å². The Morgan fingerprint density at radius 2 is 1.95 bits per heavy atom. The molecule has 1 aromatic rings. The summed E-state index contributed by atoms with van der Waals surface area (Å²) in [5, 5.41) is 11.0. The maximum absolute atomic E-state index is 12.6. The highest BCUT2D eigenvalue weighted by atomic mass is 19.4. The zero-order valence-electron chi connectivity index (χ0n) is 11.3. The van der Waals surface area contributed by atoms with Gasteiger partial charge in [-0.1, -0.05) is 0 Å². The number of ether oxygens (including phenoxy) is 1. The smallest absolute Gasteiger partial charge is 0.416 e. The van der Waals surface area contributed by atoms with Gasteiger partial charge in [0.1, 0.15) is 6.61 Å². The van der Waals surface area contributed by atoms with Crippen molar-refractivity contribution < 1.29 is 32.6 Å². The first-order valence-electron chi connectivity index (χ1n) is 5.97. The summed E-state index contributed by atoms with van der Waals surface area (Å²) >= 11 is 0. The number of hydrogen-bond acceptors (Lipinski definition) is 3. The largest absolute Gasteiger partial charge is 0.478 e. The molecule has 0 aliphatic rings. The van der Waals surface area contributed by atoms with Crippen molar-refractivity contribution in [1.82, 2.24) is 0 Å². The number of halogens is 3. The summed E-state index contributed by atoms with van der Waals surface area (Å²) in [7, 11) is 0. The second-order valence-corrected chi connectivity index (χ2v) is 4.47. The molecule has 0 heterocycles. The van der Waals surface area contributed by atoms with Crippen LogP contribution in [0.4, 0.5) is 18.9 Å². The molecule has 0 unspecified atom stereocenters. The van der Waals surface area contributed by atoms with E-state index in [1.54, 1.807) is 13.8 Å². The van der Waals surface area contributed by atoms with E-state index in [1.807, 2.05) is 0 Å². The average molecular weight is 305 g/mol. The van der Waals surface area contributed by atoms with Crippen molar-refractivity contribution in [2.75, 3.05) is 11.9 Å². The minimum atomic E-state index is -4.63. The summed E-state index contributed by atoms with van der Waals surface area (Å²) in [4.78, 5) is 22.5. The number of carboxylic acids is 1. The number of nitrogens with one attached hydrogen (secondary N) is 1. The summed E-state index contributed by atoms with van der Waals surface area (Å²) in [6, 6.07) is 2.02. The Hall–Kier alpha value is -2.09. The second kappa shape index (κ2) is 6.57. The van der Waals surface area contributed by atoms with Gasteiger partial charge in [0.15, 0.2) is 0 Å². The molecule has 0 aliphatic heterocycles. The van der Waals surface area contributed by atoms with Gasteiger partial charge in [0.2, 0.25) is 5.91 Å². The summed E-state index contributed by atoms with van der Waals surface area (Å²) in [6.45, 7) is 2.98. The highest BCUT2D eigenvalue weighted by Gasteiger charge is 2.31. The molecule has 1 amide bonds. The summed E-state index contributed by atoms with van der Waals surface area (Å²) < 4.78 is 42.8. The third kappa shape index (κ3) is 5.07. The molecule has 0 bridgehead atoms. The van der Waals surface area contributed by atoms with Crippen LogP contribution in [0.1, 0.15) is 29.8 Å². The van der Waals surface area contributed by atoms with E-state index in [0.29, 0.717) is 12.1 Å². The minimum absolute atomic E-state index is 0.240. The van der Waals surface area contributed by atoms with E-state index in [4.69, 9.17) is 9.84 Å². The van der Waals surface area contributed by atoms with E-state index in [1.165, 1.54) is 0 Å². The molecule has 0 radical (unpaired) electrons. The van der Waals surface area contributed by atoms with Crippen LogP contribution in [0.15, 0.2) is 18.2 Å². The standard InChI is InChI=1S/C13H14F3NO4/c1-7(2)21-6-11(18)17-10-5-8(13(14,15)16)3-4-9(10)12(19)20/h3-5,7H,6H2,1-2H3,(H,17,18)(H,19,20). The maximum atomic E-state index is 12.6. The quantitative estimate of drug-likeness (QED) is 0.877. The molecule has 0 spiro atoms. The minimum Gasteiger partial charge on any atom is -0.478 e. The number of alkyl halides is 3. The Morgan fingerprint density at radius 3 is 2.43 bits per heavy atom. The third-order valence-corrected chi connectivity index (χ3v) is 2.40. The number of hydrogen-bond donors (Lipinski definition) is 2. The van der Waals surface area contributed by atoms with Crippen LogP contribution in [0.3, 0.4) is 0 Å². The average Bonchev–Trinajstić information content (AvgIpc) is 2.34. The van der Waals surface area contributed by atoms with E-state index in [2.05, 4.69) is 5.32 Å². The van der Waals surface area contributed by atoms with Crippen molar-refractivity contribution in [1.29, 1.82) is 0 Å². The Balaban J connectivity index is 3.01.